The van der Waals surface area contributed by atoms with Gasteiger partial charge in [0.25, 0.3) is 0 Å². The maximum atomic E-state index is 13.6. The van der Waals surface area contributed by atoms with Crippen molar-refractivity contribution in [3.8, 4) is 0 Å². The van der Waals surface area contributed by atoms with Crippen LogP contribution >= 0.6 is 0 Å². The van der Waals surface area contributed by atoms with E-state index in [0.717, 1.165) is 0 Å². The van der Waals surface area contributed by atoms with E-state index < -0.39 is 70.9 Å². The largest absolute Gasteiger partial charge is 0.467 e. The molecule has 0 bridgehead atoms. The molecule has 16 nitrogen and oxygen atoms in total. The highest BCUT2D eigenvalue weighted by Gasteiger charge is 2.46. The Morgan fingerprint density at radius 3 is 2.11 bits per heavy atom. The van der Waals surface area contributed by atoms with Gasteiger partial charge >= 0.3 is 18.2 Å². The number of alkyl carbamates (subject to hydrolysis) is 2. The first-order valence-electron chi connectivity index (χ1n) is 19.9. The van der Waals surface area contributed by atoms with Gasteiger partial charge in [-0.2, -0.15) is 5.06 Å². The number of methoxy groups -OCH3 is 1. The average molecular weight is 795 g/mol. The average Bonchev–Trinajstić information content (AvgIpc) is 3.56. The van der Waals surface area contributed by atoms with Crippen LogP contribution in [-0.4, -0.2) is 118 Å². The van der Waals surface area contributed by atoms with Gasteiger partial charge in [-0.1, -0.05) is 39.8 Å². The lowest BCUT2D eigenvalue weighted by Gasteiger charge is -2.50. The number of rotatable bonds is 17. The van der Waals surface area contributed by atoms with Crippen molar-refractivity contribution >= 4 is 35.9 Å². The van der Waals surface area contributed by atoms with Crippen molar-refractivity contribution in [3.05, 3.63) is 12.2 Å². The smallest absolute Gasteiger partial charge is 0.408 e. The molecule has 56 heavy (non-hydrogen) atoms. The second-order valence-corrected chi connectivity index (χ2v) is 18.0. The summed E-state index contributed by atoms with van der Waals surface area (Å²) in [5.41, 5.74) is -1.82. The molecule has 5 N–H and O–H groups in total. The number of hydroxylamine groups is 2. The van der Waals surface area contributed by atoms with E-state index in [0.29, 0.717) is 45.1 Å². The second-order valence-electron chi connectivity index (χ2n) is 18.0. The molecule has 2 saturated heterocycles. The van der Waals surface area contributed by atoms with Crippen LogP contribution in [0.5, 0.6) is 0 Å². The highest BCUT2D eigenvalue weighted by Crippen LogP contribution is 2.38. The fourth-order valence-corrected chi connectivity index (χ4v) is 7.33. The third-order valence-corrected chi connectivity index (χ3v) is 9.83. The zero-order chi connectivity index (χ0) is 42.6. The number of piperidine rings is 1. The number of carbonyl (C=O) groups excluding carboxylic acids is 6. The maximum absolute atomic E-state index is 13.6. The molecule has 320 valence electrons. The minimum absolute atomic E-state index is 0.0231. The summed E-state index contributed by atoms with van der Waals surface area (Å²) in [4.78, 5) is 79.6. The normalized spacial score (nSPS) is 20.3. The third-order valence-electron chi connectivity index (χ3n) is 9.83. The summed E-state index contributed by atoms with van der Waals surface area (Å²) in [7, 11) is 1.21. The fourth-order valence-electron chi connectivity index (χ4n) is 7.33. The fraction of sp³-hybridized carbons (Fsp3) is 0.800. The van der Waals surface area contributed by atoms with Crippen LogP contribution < -0.4 is 21.3 Å². The first-order valence-corrected chi connectivity index (χ1v) is 19.9. The van der Waals surface area contributed by atoms with E-state index in [1.807, 2.05) is 41.5 Å². The molecule has 0 spiro atoms. The van der Waals surface area contributed by atoms with Crippen molar-refractivity contribution in [1.29, 1.82) is 0 Å². The minimum Gasteiger partial charge on any atom is -0.467 e. The zero-order valence-electron chi connectivity index (χ0n) is 35.8. The molecule has 2 fully saturated rings. The Kier molecular flexibility index (Phi) is 18.1. The molecule has 4 atom stereocenters. The number of amides is 5. The van der Waals surface area contributed by atoms with Crippen LogP contribution in [0.2, 0.25) is 0 Å². The molecule has 16 heteroatoms. The number of nitrogens with one attached hydrogen (secondary N) is 4. The van der Waals surface area contributed by atoms with E-state index >= 15 is 0 Å². The zero-order valence-corrected chi connectivity index (χ0v) is 35.8. The van der Waals surface area contributed by atoms with Crippen molar-refractivity contribution in [2.75, 3.05) is 20.2 Å². The highest BCUT2D eigenvalue weighted by atomic mass is 16.6. The lowest BCUT2D eigenvalue weighted by Crippen LogP contribution is -2.60. The van der Waals surface area contributed by atoms with E-state index in [-0.39, 0.29) is 43.2 Å². The van der Waals surface area contributed by atoms with Gasteiger partial charge in [0, 0.05) is 43.4 Å². The van der Waals surface area contributed by atoms with Crippen LogP contribution in [0.3, 0.4) is 0 Å². The third kappa shape index (κ3) is 15.5. The number of esters is 1. The van der Waals surface area contributed by atoms with Crippen LogP contribution in [-0.2, 0) is 33.4 Å². The molecule has 2 aliphatic rings. The Hall–Kier alpha value is -3.92. The molecular weight excluding hydrogens is 724 g/mol. The van der Waals surface area contributed by atoms with E-state index in [1.165, 1.54) is 17.1 Å². The van der Waals surface area contributed by atoms with Crippen molar-refractivity contribution in [1.82, 2.24) is 31.2 Å². The molecule has 2 aliphatic heterocycles. The second kappa shape index (κ2) is 21.0. The minimum atomic E-state index is -1.04. The van der Waals surface area contributed by atoms with E-state index in [9.17, 15) is 34.0 Å². The maximum Gasteiger partial charge on any atom is 0.408 e. The number of carbonyl (C=O) groups is 6. The molecule has 2 rings (SSSR count). The van der Waals surface area contributed by atoms with Crippen LogP contribution in [0.1, 0.15) is 128 Å². The number of likely N-dealkylation sites (tertiary alicyclic amines) is 1. The summed E-state index contributed by atoms with van der Waals surface area (Å²) in [5, 5.41) is 22.9. The van der Waals surface area contributed by atoms with Crippen LogP contribution in [0.25, 0.3) is 0 Å². The highest BCUT2D eigenvalue weighted by molar-refractivity contribution is 5.94. The van der Waals surface area contributed by atoms with Crippen LogP contribution in [0.15, 0.2) is 12.2 Å². The molecule has 0 aromatic heterocycles. The van der Waals surface area contributed by atoms with Gasteiger partial charge in [-0.25, -0.2) is 14.4 Å². The number of nitrogens with zero attached hydrogens (tertiary/aromatic N) is 2. The van der Waals surface area contributed by atoms with Gasteiger partial charge in [-0.3, -0.25) is 14.4 Å². The van der Waals surface area contributed by atoms with Crippen molar-refractivity contribution in [2.45, 2.75) is 174 Å². The molecule has 5 amide bonds. The number of ether oxygens (including phenoxy) is 3. The van der Waals surface area contributed by atoms with Gasteiger partial charge in [0.2, 0.25) is 17.7 Å². The Labute approximate surface area is 333 Å². The van der Waals surface area contributed by atoms with Crippen LogP contribution in [0, 0.1) is 11.8 Å². The van der Waals surface area contributed by atoms with Gasteiger partial charge in [0.15, 0.2) is 0 Å². The molecule has 0 unspecified atom stereocenters. The molecule has 0 radical (unpaired) electrons. The predicted octanol–water partition coefficient (Wildman–Crippen LogP) is 4.58. The first-order chi connectivity index (χ1) is 25.9. The quantitative estimate of drug-likeness (QED) is 0.0597. The molecule has 0 aromatic rings. The lowest BCUT2D eigenvalue weighted by atomic mass is 9.80. The van der Waals surface area contributed by atoms with Gasteiger partial charge in [0.05, 0.1) is 13.2 Å². The Morgan fingerprint density at radius 1 is 0.929 bits per heavy atom. The molecule has 0 saturated carbocycles. The van der Waals surface area contributed by atoms with E-state index in [4.69, 9.17) is 14.2 Å². The van der Waals surface area contributed by atoms with Gasteiger partial charge in [-0.15, -0.1) is 0 Å². The Balaban J connectivity index is 1.96. The summed E-state index contributed by atoms with van der Waals surface area (Å²) in [5.74, 6) is -2.06. The van der Waals surface area contributed by atoms with Gasteiger partial charge in [0.1, 0.15) is 29.8 Å². The van der Waals surface area contributed by atoms with Crippen molar-refractivity contribution in [2.24, 2.45) is 11.8 Å². The summed E-state index contributed by atoms with van der Waals surface area (Å²) in [6, 6.07) is -3.16. The first kappa shape index (κ1) is 48.2. The predicted molar refractivity (Wildman–Crippen MR) is 210 cm³/mol. The standard InChI is InChI=1S/C40H70N6O10/c1-25(2)22-27(42-37(52)56-38(5,6)7)16-13-19-31(47)45-21-15-18-30(45)33(48)44-32(26(3)4)34(49)43-29(35(50)54-12)17-14-20-41-36(51)55-28-23-39(8,9)46(53)40(10,11)24-28/h13,16,25-30,32,53H,14-15,17-24H2,1-12H3,(H,41,51)(H,42,52)(H,43,49)(H,44,48)/b16-13+/t27-,29+,30+,32+/m1/s1. The summed E-state index contributed by atoms with van der Waals surface area (Å²) in [6.07, 6.45) is 4.97. The van der Waals surface area contributed by atoms with E-state index in [1.54, 1.807) is 46.8 Å². The SMILES string of the molecule is COC(=O)[C@H](CCCNC(=O)OC1CC(C)(C)N(O)C(C)(C)C1)NC(=O)[C@@H](NC(=O)[C@@H]1CCCN1C(=O)C/C=C/[C@H](CC(C)C)NC(=O)OC(C)(C)C)C(C)C. The van der Waals surface area contributed by atoms with Gasteiger partial charge in [-0.05, 0) is 92.4 Å². The molecule has 0 aliphatic carbocycles. The molecule has 0 aromatic carbocycles. The Morgan fingerprint density at radius 2 is 1.55 bits per heavy atom. The Bertz CT molecular complexity index is 1370. The summed E-state index contributed by atoms with van der Waals surface area (Å²) >= 11 is 0. The molecular formula is C40H70N6O10. The number of hydrogen-bond acceptors (Lipinski definition) is 11. The monoisotopic (exact) mass is 795 g/mol. The number of hydrogen-bond donors (Lipinski definition) is 5. The lowest BCUT2D eigenvalue weighted by molar-refractivity contribution is -0.256. The van der Waals surface area contributed by atoms with Crippen LogP contribution in [0.4, 0.5) is 9.59 Å². The van der Waals surface area contributed by atoms with Crippen molar-refractivity contribution < 1.29 is 48.2 Å². The summed E-state index contributed by atoms with van der Waals surface area (Å²) in [6.45, 7) is 21.0. The summed E-state index contributed by atoms with van der Waals surface area (Å²) < 4.78 is 16.0. The van der Waals surface area contributed by atoms with Crippen molar-refractivity contribution in [3.63, 3.8) is 0 Å². The van der Waals surface area contributed by atoms with Gasteiger partial charge < -0.3 is 45.6 Å². The topological polar surface area (TPSA) is 205 Å². The molecule has 2 heterocycles. The van der Waals surface area contributed by atoms with E-state index in [2.05, 4.69) is 21.3 Å².